The van der Waals surface area contributed by atoms with Crippen molar-refractivity contribution in [3.05, 3.63) is 62.6 Å². The molecule has 1 N–H and O–H groups in total. The second-order valence-electron chi connectivity index (χ2n) is 7.75. The van der Waals surface area contributed by atoms with E-state index in [4.69, 9.17) is 34.8 Å². The molecule has 0 saturated carbocycles. The smallest absolute Gasteiger partial charge is 0.266 e. The van der Waals surface area contributed by atoms with Crippen molar-refractivity contribution in [2.45, 2.75) is 30.7 Å². The Labute approximate surface area is 198 Å². The van der Waals surface area contributed by atoms with Crippen molar-refractivity contribution in [1.29, 1.82) is 0 Å². The molecular formula is C19H16Cl3FN4O2S2. The third kappa shape index (κ3) is 4.34. The number of benzene rings is 2. The van der Waals surface area contributed by atoms with Crippen LogP contribution in [0.3, 0.4) is 0 Å². The van der Waals surface area contributed by atoms with Gasteiger partial charge in [-0.25, -0.2) is 17.8 Å². The summed E-state index contributed by atoms with van der Waals surface area (Å²) in [6, 6.07) is 5.76. The lowest BCUT2D eigenvalue weighted by Crippen LogP contribution is -2.28. The quantitative estimate of drug-likeness (QED) is 0.464. The topological polar surface area (TPSA) is 75.2 Å². The lowest BCUT2D eigenvalue weighted by Gasteiger charge is -2.23. The molecule has 0 saturated heterocycles. The fourth-order valence-corrected chi connectivity index (χ4v) is 6.32. The Bertz CT molecular complexity index is 1270. The van der Waals surface area contributed by atoms with Crippen molar-refractivity contribution >= 4 is 67.2 Å². The van der Waals surface area contributed by atoms with Crippen LogP contribution in [-0.2, 0) is 22.0 Å². The Morgan fingerprint density at radius 3 is 2.61 bits per heavy atom. The largest absolute Gasteiger partial charge is 0.365 e. The monoisotopic (exact) mass is 520 g/mol. The molecule has 1 aromatic heterocycles. The van der Waals surface area contributed by atoms with Gasteiger partial charge in [0, 0.05) is 40.1 Å². The van der Waals surface area contributed by atoms with Gasteiger partial charge >= 0.3 is 0 Å². The Balaban J connectivity index is 1.67. The minimum Gasteiger partial charge on any atom is -0.365 e. The van der Waals surface area contributed by atoms with E-state index in [-0.39, 0.29) is 22.1 Å². The Morgan fingerprint density at radius 2 is 1.94 bits per heavy atom. The molecule has 31 heavy (non-hydrogen) atoms. The highest BCUT2D eigenvalue weighted by Gasteiger charge is 2.37. The molecule has 0 fully saturated rings. The van der Waals surface area contributed by atoms with Crippen LogP contribution in [0.15, 0.2) is 35.5 Å². The fraction of sp³-hybridized carbons (Fsp3) is 0.263. The highest BCUT2D eigenvalue weighted by Crippen LogP contribution is 2.47. The van der Waals surface area contributed by atoms with Crippen molar-refractivity contribution in [3.63, 3.8) is 0 Å². The van der Waals surface area contributed by atoms with Crippen LogP contribution in [0.4, 0.5) is 15.2 Å². The van der Waals surface area contributed by atoms with E-state index in [0.29, 0.717) is 22.2 Å². The molecule has 0 unspecified atom stereocenters. The van der Waals surface area contributed by atoms with Gasteiger partial charge in [-0.05, 0) is 35.4 Å². The Hall–Kier alpha value is -1.65. The van der Waals surface area contributed by atoms with Crippen molar-refractivity contribution in [2.24, 2.45) is 0 Å². The molecule has 0 aliphatic carbocycles. The molecule has 0 bridgehead atoms. The van der Waals surface area contributed by atoms with E-state index in [9.17, 15) is 12.8 Å². The van der Waals surface area contributed by atoms with Crippen LogP contribution in [0.25, 0.3) is 0 Å². The summed E-state index contributed by atoms with van der Waals surface area (Å²) in [4.78, 5) is 5.17. The summed E-state index contributed by atoms with van der Waals surface area (Å²) in [5.41, 5.74) is 2.00. The zero-order valence-electron chi connectivity index (χ0n) is 16.3. The van der Waals surface area contributed by atoms with Crippen molar-refractivity contribution < 1.29 is 12.8 Å². The second-order valence-corrected chi connectivity index (χ2v) is 11.4. The highest BCUT2D eigenvalue weighted by molar-refractivity contribution is 7.93. The van der Waals surface area contributed by atoms with Gasteiger partial charge < -0.3 is 4.90 Å². The summed E-state index contributed by atoms with van der Waals surface area (Å²) < 4.78 is 45.8. The van der Waals surface area contributed by atoms with Gasteiger partial charge in [0.15, 0.2) is 0 Å². The van der Waals surface area contributed by atoms with Crippen LogP contribution in [0, 0.1) is 5.82 Å². The summed E-state index contributed by atoms with van der Waals surface area (Å²) in [5, 5.41) is 1.18. The molecule has 164 valence electrons. The maximum atomic E-state index is 14.8. The zero-order valence-corrected chi connectivity index (χ0v) is 20.2. The number of hydrogen-bond acceptors (Lipinski definition) is 6. The number of sulfonamides is 1. The minimum absolute atomic E-state index is 0.0313. The first-order chi connectivity index (χ1) is 14.5. The van der Waals surface area contributed by atoms with Crippen molar-refractivity contribution in [3.8, 4) is 0 Å². The first kappa shape index (κ1) is 22.5. The van der Waals surface area contributed by atoms with Gasteiger partial charge in [-0.2, -0.15) is 4.37 Å². The Kier molecular flexibility index (Phi) is 5.85. The van der Waals surface area contributed by atoms with Gasteiger partial charge in [0.2, 0.25) is 5.13 Å². The molecule has 12 heteroatoms. The summed E-state index contributed by atoms with van der Waals surface area (Å²) in [6.45, 7) is 4.99. The van der Waals surface area contributed by atoms with E-state index in [1.54, 1.807) is 6.07 Å². The number of aromatic nitrogens is 2. The van der Waals surface area contributed by atoms with Gasteiger partial charge in [0.1, 0.15) is 17.0 Å². The number of rotatable bonds is 5. The van der Waals surface area contributed by atoms with Crippen molar-refractivity contribution in [2.75, 3.05) is 16.2 Å². The first-order valence-electron chi connectivity index (χ1n) is 9.00. The normalized spacial score (nSPS) is 15.2. The predicted octanol–water partition coefficient (Wildman–Crippen LogP) is 5.74. The third-order valence-electron chi connectivity index (χ3n) is 4.99. The summed E-state index contributed by atoms with van der Waals surface area (Å²) in [6.07, 6.45) is 1.20. The minimum atomic E-state index is -4.21. The highest BCUT2D eigenvalue weighted by atomic mass is 35.5. The molecule has 2 heterocycles. The molecule has 0 spiro atoms. The standard InChI is InChI=1S/C19H16Cl3FN4O2S2/c1-19(2)8-27(17-12(19)4-11(20)5-14(17)22)7-10-3-15(23)16(6-13(10)21)31(28,29)26-18-24-9-25-30-18/h3-6,9H,7-8H2,1-2H3,(H,24,25,26). The first-order valence-corrected chi connectivity index (χ1v) is 12.4. The number of nitrogens with zero attached hydrogens (tertiary/aromatic N) is 3. The van der Waals surface area contributed by atoms with Crippen LogP contribution in [0.5, 0.6) is 0 Å². The Morgan fingerprint density at radius 1 is 1.19 bits per heavy atom. The van der Waals surface area contributed by atoms with E-state index in [0.717, 1.165) is 34.9 Å². The van der Waals surface area contributed by atoms with Gasteiger partial charge in [-0.15, -0.1) is 0 Å². The van der Waals surface area contributed by atoms with Crippen LogP contribution in [0.2, 0.25) is 15.1 Å². The molecule has 1 aliphatic heterocycles. The van der Waals surface area contributed by atoms with E-state index < -0.39 is 20.7 Å². The maximum Gasteiger partial charge on any atom is 0.266 e. The molecular weight excluding hydrogens is 506 g/mol. The lowest BCUT2D eigenvalue weighted by molar-refractivity contribution is 0.548. The summed E-state index contributed by atoms with van der Waals surface area (Å²) in [7, 11) is -4.21. The van der Waals surface area contributed by atoms with Gasteiger partial charge in [0.25, 0.3) is 10.0 Å². The lowest BCUT2D eigenvalue weighted by atomic mass is 9.87. The van der Waals surface area contributed by atoms with E-state index >= 15 is 0 Å². The molecule has 3 aromatic rings. The number of anilines is 2. The maximum absolute atomic E-state index is 14.8. The van der Waals surface area contributed by atoms with E-state index in [1.165, 1.54) is 6.33 Å². The number of halogens is 4. The van der Waals surface area contributed by atoms with E-state index in [2.05, 4.69) is 27.9 Å². The molecule has 0 atom stereocenters. The summed E-state index contributed by atoms with van der Waals surface area (Å²) in [5.74, 6) is -0.919. The average molecular weight is 522 g/mol. The second kappa shape index (κ2) is 8.04. The van der Waals surface area contributed by atoms with Crippen LogP contribution < -0.4 is 9.62 Å². The third-order valence-corrected chi connectivity index (χ3v) is 7.92. The molecule has 1 aliphatic rings. The molecule has 0 radical (unpaired) electrons. The van der Waals surface area contributed by atoms with Crippen LogP contribution >= 0.6 is 46.3 Å². The zero-order chi connectivity index (χ0) is 22.6. The predicted molar refractivity (Wildman–Crippen MR) is 123 cm³/mol. The van der Waals surface area contributed by atoms with Crippen molar-refractivity contribution in [1.82, 2.24) is 9.36 Å². The fourth-order valence-electron chi connectivity index (χ4n) is 3.67. The average Bonchev–Trinajstić information content (AvgIpc) is 3.23. The van der Waals surface area contributed by atoms with E-state index in [1.807, 2.05) is 11.0 Å². The summed E-state index contributed by atoms with van der Waals surface area (Å²) >= 11 is 19.8. The molecule has 4 rings (SSSR count). The number of nitrogens with one attached hydrogen (secondary N) is 1. The van der Waals surface area contributed by atoms with Gasteiger partial charge in [-0.3, -0.25) is 4.72 Å². The molecule has 6 nitrogen and oxygen atoms in total. The number of fused-ring (bicyclic) bond motifs is 1. The van der Waals surface area contributed by atoms with Gasteiger partial charge in [0.05, 0.1) is 10.7 Å². The van der Waals surface area contributed by atoms with Crippen LogP contribution in [-0.4, -0.2) is 24.3 Å². The SMILES string of the molecule is CC1(C)CN(Cc2cc(F)c(S(=O)(=O)Nc3ncns3)cc2Cl)c2c(Cl)cc(Cl)cc21. The molecule has 2 aromatic carbocycles. The molecule has 0 amide bonds. The van der Waals surface area contributed by atoms with Crippen LogP contribution in [0.1, 0.15) is 25.0 Å². The van der Waals surface area contributed by atoms with Gasteiger partial charge in [-0.1, -0.05) is 48.7 Å². The number of hydrogen-bond donors (Lipinski definition) is 1.